The van der Waals surface area contributed by atoms with Crippen LogP contribution in [0, 0.1) is 6.92 Å². The monoisotopic (exact) mass is 388 g/mol. The number of carbonyl (C=O) groups is 1. The number of benzene rings is 1. The second-order valence-electron chi connectivity index (χ2n) is 6.28. The number of rotatable bonds is 6. The van der Waals surface area contributed by atoms with Gasteiger partial charge in [-0.15, -0.1) is 11.8 Å². The number of nitrogens with zero attached hydrogens (tertiary/aromatic N) is 3. The van der Waals surface area contributed by atoms with E-state index in [1.807, 2.05) is 41.9 Å². The topological polar surface area (TPSA) is 59.8 Å². The third-order valence-corrected chi connectivity index (χ3v) is 5.23. The van der Waals surface area contributed by atoms with Gasteiger partial charge < -0.3 is 5.32 Å². The van der Waals surface area contributed by atoms with Crippen molar-refractivity contribution in [2.45, 2.75) is 31.7 Å². The average Bonchev–Trinajstić information content (AvgIpc) is 3.02. The van der Waals surface area contributed by atoms with E-state index in [-0.39, 0.29) is 11.9 Å². The summed E-state index contributed by atoms with van der Waals surface area (Å²) in [7, 11) is 0. The molecule has 0 atom stereocenters. The van der Waals surface area contributed by atoms with Crippen LogP contribution in [0.1, 0.15) is 35.9 Å². The molecule has 2 heterocycles. The molecule has 3 rings (SSSR count). The zero-order valence-electron chi connectivity index (χ0n) is 15.0. The van der Waals surface area contributed by atoms with Crippen LogP contribution in [0.4, 0.5) is 0 Å². The van der Waals surface area contributed by atoms with E-state index in [1.54, 1.807) is 18.0 Å². The third-order valence-electron chi connectivity index (χ3n) is 3.96. The number of hydrogen-bond acceptors (Lipinski definition) is 4. The second kappa shape index (κ2) is 8.10. The minimum Gasteiger partial charge on any atom is -0.351 e. The normalized spacial score (nSPS) is 11.3. The predicted molar refractivity (Wildman–Crippen MR) is 107 cm³/mol. The van der Waals surface area contributed by atoms with Gasteiger partial charge in [-0.3, -0.25) is 4.79 Å². The van der Waals surface area contributed by atoms with E-state index in [9.17, 15) is 4.79 Å². The molecule has 0 unspecified atom stereocenters. The molecule has 0 saturated heterocycles. The Kier molecular flexibility index (Phi) is 5.84. The Morgan fingerprint density at radius 3 is 2.73 bits per heavy atom. The van der Waals surface area contributed by atoms with Crippen molar-refractivity contribution in [1.82, 2.24) is 20.1 Å². The van der Waals surface area contributed by atoms with Gasteiger partial charge in [0.2, 0.25) is 0 Å². The molecule has 0 radical (unpaired) electrons. The molecule has 0 aliphatic rings. The number of aryl methyl sites for hydroxylation is 1. The van der Waals surface area contributed by atoms with Crippen LogP contribution in [0.15, 0.2) is 41.4 Å². The number of nitrogens with one attached hydrogen (secondary N) is 1. The van der Waals surface area contributed by atoms with Gasteiger partial charge in [-0.25, -0.2) is 9.67 Å². The highest BCUT2D eigenvalue weighted by Crippen LogP contribution is 2.21. The molecule has 1 aromatic carbocycles. The van der Waals surface area contributed by atoms with Crippen molar-refractivity contribution >= 4 is 40.3 Å². The summed E-state index contributed by atoms with van der Waals surface area (Å²) in [6, 6.07) is 9.77. The third kappa shape index (κ3) is 4.19. The minimum absolute atomic E-state index is 0.106. The lowest BCUT2D eigenvalue weighted by atomic mass is 10.1. The van der Waals surface area contributed by atoms with Crippen LogP contribution >= 0.6 is 23.4 Å². The molecular formula is C19H21ClN4OS. The summed E-state index contributed by atoms with van der Waals surface area (Å²) in [4.78, 5) is 18.2. The summed E-state index contributed by atoms with van der Waals surface area (Å²) in [6.45, 7) is 6.55. The van der Waals surface area contributed by atoms with Gasteiger partial charge in [-0.2, -0.15) is 5.10 Å². The molecule has 7 heteroatoms. The zero-order valence-corrected chi connectivity index (χ0v) is 16.6. The second-order valence-corrected chi connectivity index (χ2v) is 7.88. The lowest BCUT2D eigenvalue weighted by Crippen LogP contribution is -2.26. The number of amides is 1. The highest BCUT2D eigenvalue weighted by Gasteiger charge is 2.15. The fraction of sp³-hybridized carbons (Fsp3) is 0.316. The van der Waals surface area contributed by atoms with Gasteiger partial charge in [-0.1, -0.05) is 11.6 Å². The first-order valence-corrected chi connectivity index (χ1v) is 9.83. The fourth-order valence-electron chi connectivity index (χ4n) is 2.63. The average molecular weight is 389 g/mol. The van der Waals surface area contributed by atoms with Gasteiger partial charge >= 0.3 is 0 Å². The highest BCUT2D eigenvalue weighted by atomic mass is 35.5. The SMILES string of the molecule is Cc1nc2c(cnn2C(C)C)cc1C(=O)NCCSc1ccc(Cl)cc1. The summed E-state index contributed by atoms with van der Waals surface area (Å²) in [5, 5.41) is 8.93. The zero-order chi connectivity index (χ0) is 18.7. The van der Waals surface area contributed by atoms with Crippen LogP contribution in [0.3, 0.4) is 0 Å². The first-order chi connectivity index (χ1) is 12.5. The van der Waals surface area contributed by atoms with Crippen LogP contribution in [-0.4, -0.2) is 33.0 Å². The van der Waals surface area contributed by atoms with Crippen LogP contribution < -0.4 is 5.32 Å². The highest BCUT2D eigenvalue weighted by molar-refractivity contribution is 7.99. The van der Waals surface area contributed by atoms with E-state index in [0.717, 1.165) is 26.7 Å². The Morgan fingerprint density at radius 1 is 1.31 bits per heavy atom. The van der Waals surface area contributed by atoms with Gasteiger partial charge in [0, 0.05) is 33.6 Å². The summed E-state index contributed by atoms with van der Waals surface area (Å²) >= 11 is 7.56. The van der Waals surface area contributed by atoms with E-state index < -0.39 is 0 Å². The van der Waals surface area contributed by atoms with Crippen molar-refractivity contribution < 1.29 is 4.79 Å². The molecule has 1 amide bonds. The molecule has 136 valence electrons. The summed E-state index contributed by atoms with van der Waals surface area (Å²) in [5.41, 5.74) is 2.12. The first kappa shape index (κ1) is 18.7. The molecule has 3 aromatic rings. The molecule has 0 fully saturated rings. The number of hydrogen-bond donors (Lipinski definition) is 1. The molecule has 5 nitrogen and oxygen atoms in total. The van der Waals surface area contributed by atoms with Crippen molar-refractivity contribution in [3.63, 3.8) is 0 Å². The lowest BCUT2D eigenvalue weighted by Gasteiger charge is -2.10. The molecular weight excluding hydrogens is 368 g/mol. The molecule has 0 aliphatic carbocycles. The first-order valence-electron chi connectivity index (χ1n) is 8.47. The van der Waals surface area contributed by atoms with Gasteiger partial charge in [0.25, 0.3) is 5.91 Å². The van der Waals surface area contributed by atoms with Crippen molar-refractivity contribution in [1.29, 1.82) is 0 Å². The molecule has 0 saturated carbocycles. The molecule has 2 aromatic heterocycles. The maximum Gasteiger partial charge on any atom is 0.253 e. The Labute approximate surface area is 162 Å². The standard InChI is InChI=1S/C19H21ClN4OS/c1-12(2)24-18-14(11-22-24)10-17(13(3)23-18)19(25)21-8-9-26-16-6-4-15(20)5-7-16/h4-7,10-12H,8-9H2,1-3H3,(H,21,25). The number of aromatic nitrogens is 3. The quantitative estimate of drug-likeness (QED) is 0.499. The summed E-state index contributed by atoms with van der Waals surface area (Å²) < 4.78 is 1.87. The Balaban J connectivity index is 1.62. The predicted octanol–water partition coefficient (Wildman–Crippen LogP) is 4.50. The number of pyridine rings is 1. The van der Waals surface area contributed by atoms with Crippen LogP contribution in [0.25, 0.3) is 11.0 Å². The number of fused-ring (bicyclic) bond motifs is 1. The molecule has 26 heavy (non-hydrogen) atoms. The number of halogens is 1. The van der Waals surface area contributed by atoms with Crippen molar-refractivity contribution in [2.24, 2.45) is 0 Å². The summed E-state index contributed by atoms with van der Waals surface area (Å²) in [5.74, 6) is 0.679. The molecule has 0 aliphatic heterocycles. The van der Waals surface area contributed by atoms with Crippen LogP contribution in [-0.2, 0) is 0 Å². The largest absolute Gasteiger partial charge is 0.351 e. The fourth-order valence-corrected chi connectivity index (χ4v) is 3.53. The smallest absolute Gasteiger partial charge is 0.253 e. The van der Waals surface area contributed by atoms with E-state index in [0.29, 0.717) is 17.8 Å². The van der Waals surface area contributed by atoms with E-state index in [1.165, 1.54) is 0 Å². The van der Waals surface area contributed by atoms with Crippen LogP contribution in [0.2, 0.25) is 5.02 Å². The van der Waals surface area contributed by atoms with Gasteiger partial charge in [-0.05, 0) is 51.1 Å². The number of carbonyl (C=O) groups excluding carboxylic acids is 1. The number of thioether (sulfide) groups is 1. The Morgan fingerprint density at radius 2 is 2.04 bits per heavy atom. The minimum atomic E-state index is -0.106. The van der Waals surface area contributed by atoms with Crippen molar-refractivity contribution in [3.8, 4) is 0 Å². The Hall–Kier alpha value is -2.05. The van der Waals surface area contributed by atoms with Crippen LogP contribution in [0.5, 0.6) is 0 Å². The van der Waals surface area contributed by atoms with Gasteiger partial charge in [0.15, 0.2) is 5.65 Å². The van der Waals surface area contributed by atoms with E-state index in [2.05, 4.69) is 29.2 Å². The van der Waals surface area contributed by atoms with Gasteiger partial charge in [0.05, 0.1) is 17.5 Å². The Bertz CT molecular complexity index is 921. The molecule has 0 bridgehead atoms. The van der Waals surface area contributed by atoms with Crippen molar-refractivity contribution in [2.75, 3.05) is 12.3 Å². The van der Waals surface area contributed by atoms with E-state index >= 15 is 0 Å². The van der Waals surface area contributed by atoms with Gasteiger partial charge in [0.1, 0.15) is 0 Å². The van der Waals surface area contributed by atoms with Crippen molar-refractivity contribution in [3.05, 3.63) is 52.8 Å². The molecule has 0 spiro atoms. The van der Waals surface area contributed by atoms with E-state index in [4.69, 9.17) is 11.6 Å². The molecule has 1 N–H and O–H groups in total. The lowest BCUT2D eigenvalue weighted by molar-refractivity contribution is 0.0955. The maximum atomic E-state index is 12.5. The summed E-state index contributed by atoms with van der Waals surface area (Å²) in [6.07, 6.45) is 1.76. The maximum absolute atomic E-state index is 12.5.